The Bertz CT molecular complexity index is 1060. The van der Waals surface area contributed by atoms with Crippen LogP contribution in [0.25, 0.3) is 0 Å². The number of halogens is 3. The van der Waals surface area contributed by atoms with Gasteiger partial charge in [0, 0.05) is 30.9 Å². The number of amides is 1. The minimum Gasteiger partial charge on any atom is -0.348 e. The molecule has 0 spiro atoms. The predicted octanol–water partition coefficient (Wildman–Crippen LogP) is 5.24. The Morgan fingerprint density at radius 1 is 0.867 bits per heavy atom. The number of benzene rings is 2. The van der Waals surface area contributed by atoms with Crippen LogP contribution in [0.4, 0.5) is 13.2 Å². The molecule has 0 bridgehead atoms. The predicted molar refractivity (Wildman–Crippen MR) is 107 cm³/mol. The Morgan fingerprint density at radius 2 is 1.60 bits per heavy atom. The maximum atomic E-state index is 13.4. The van der Waals surface area contributed by atoms with Crippen molar-refractivity contribution in [2.75, 3.05) is 6.54 Å². The van der Waals surface area contributed by atoms with Crippen LogP contribution in [0.5, 0.6) is 0 Å². The van der Waals surface area contributed by atoms with Crippen LogP contribution in [0.3, 0.4) is 0 Å². The molecule has 1 fully saturated rings. The van der Waals surface area contributed by atoms with Gasteiger partial charge in [-0.1, -0.05) is 42.5 Å². The van der Waals surface area contributed by atoms with Gasteiger partial charge in [0.05, 0.1) is 11.6 Å². The number of carbonyl (C=O) groups is 1. The molecular weight excluding hydrogens is 389 g/mol. The van der Waals surface area contributed by atoms with E-state index in [9.17, 15) is 18.0 Å². The summed E-state index contributed by atoms with van der Waals surface area (Å²) in [5, 5.41) is 0. The van der Waals surface area contributed by atoms with Crippen molar-refractivity contribution >= 4 is 5.91 Å². The van der Waals surface area contributed by atoms with Gasteiger partial charge in [-0.25, -0.2) is 0 Å². The first-order valence-corrected chi connectivity index (χ1v) is 10.1. The Morgan fingerprint density at radius 3 is 2.30 bits per heavy atom. The van der Waals surface area contributed by atoms with E-state index in [1.54, 1.807) is 0 Å². The number of nitrogens with zero attached hydrogens (tertiary/aromatic N) is 2. The van der Waals surface area contributed by atoms with E-state index >= 15 is 0 Å². The van der Waals surface area contributed by atoms with Crippen molar-refractivity contribution in [1.29, 1.82) is 0 Å². The largest absolute Gasteiger partial charge is 0.416 e. The summed E-state index contributed by atoms with van der Waals surface area (Å²) in [6, 6.07) is 19.1. The molecular formula is C24H21F3N2O. The molecule has 0 radical (unpaired) electrons. The summed E-state index contributed by atoms with van der Waals surface area (Å²) in [6.07, 6.45) is -1.62. The third-order valence-electron chi connectivity index (χ3n) is 6.21. The summed E-state index contributed by atoms with van der Waals surface area (Å²) in [5.74, 6) is -0.0967. The summed E-state index contributed by atoms with van der Waals surface area (Å²) in [4.78, 5) is 15.4. The fraction of sp³-hybridized carbons (Fsp3) is 0.292. The topological polar surface area (TPSA) is 25.2 Å². The zero-order valence-electron chi connectivity index (χ0n) is 16.2. The van der Waals surface area contributed by atoms with E-state index in [-0.39, 0.29) is 23.8 Å². The van der Waals surface area contributed by atoms with Crippen LogP contribution in [0.15, 0.2) is 72.9 Å². The third-order valence-corrected chi connectivity index (χ3v) is 6.21. The van der Waals surface area contributed by atoms with Gasteiger partial charge in [-0.3, -0.25) is 4.79 Å². The second-order valence-electron chi connectivity index (χ2n) is 8.04. The molecule has 0 saturated heterocycles. The summed E-state index contributed by atoms with van der Waals surface area (Å²) in [5.41, 5.74) is 2.30. The normalized spacial score (nSPS) is 23.2. The maximum absolute atomic E-state index is 13.4. The van der Waals surface area contributed by atoms with E-state index in [4.69, 9.17) is 0 Å². The number of rotatable bonds is 3. The molecule has 2 heterocycles. The quantitative estimate of drug-likeness (QED) is 0.580. The van der Waals surface area contributed by atoms with Gasteiger partial charge in [0.15, 0.2) is 0 Å². The average Bonchev–Trinajstić information content (AvgIpc) is 3.41. The fourth-order valence-corrected chi connectivity index (χ4v) is 4.58. The number of carbonyl (C=O) groups excluding carboxylic acids is 1. The van der Waals surface area contributed by atoms with Gasteiger partial charge in [0.1, 0.15) is 0 Å². The Labute approximate surface area is 172 Å². The van der Waals surface area contributed by atoms with Gasteiger partial charge in [-0.05, 0) is 47.7 Å². The number of fused-ring (bicyclic) bond motifs is 1. The van der Waals surface area contributed by atoms with E-state index in [0.717, 1.165) is 35.5 Å². The van der Waals surface area contributed by atoms with Gasteiger partial charge >= 0.3 is 6.18 Å². The molecule has 2 aromatic carbocycles. The molecule has 0 N–H and O–H groups in total. The Kier molecular flexibility index (Phi) is 4.45. The molecule has 2 aliphatic rings. The lowest BCUT2D eigenvalue weighted by atomic mass is 9.99. The highest BCUT2D eigenvalue weighted by atomic mass is 19.4. The van der Waals surface area contributed by atoms with Gasteiger partial charge in [-0.2, -0.15) is 13.2 Å². The summed E-state index contributed by atoms with van der Waals surface area (Å²) < 4.78 is 40.6. The number of aromatic nitrogens is 1. The monoisotopic (exact) mass is 410 g/mol. The van der Waals surface area contributed by atoms with Crippen molar-refractivity contribution in [3.05, 3.63) is 95.3 Å². The SMILES string of the molecule is O=C(C1CC1c1ccc(C(F)(F)F)cc1)N1CCn2cccc2C1c1ccccc1. The molecule has 3 nitrogen and oxygen atoms in total. The standard InChI is InChI=1S/C24H21F3N2O/c25-24(26,27)18-10-8-16(9-11-18)19-15-20(19)23(30)29-14-13-28-12-4-7-21(28)22(29)17-5-2-1-3-6-17/h1-12,19-20,22H,13-15H2. The van der Waals surface area contributed by atoms with Crippen molar-refractivity contribution in [1.82, 2.24) is 9.47 Å². The van der Waals surface area contributed by atoms with E-state index < -0.39 is 11.7 Å². The van der Waals surface area contributed by atoms with Crippen molar-refractivity contribution in [2.24, 2.45) is 5.92 Å². The van der Waals surface area contributed by atoms with Crippen LogP contribution in [-0.2, 0) is 17.5 Å². The number of hydrogen-bond donors (Lipinski definition) is 0. The maximum Gasteiger partial charge on any atom is 0.416 e. The molecule has 6 heteroatoms. The molecule has 3 aromatic rings. The smallest absolute Gasteiger partial charge is 0.348 e. The highest BCUT2D eigenvalue weighted by Gasteiger charge is 2.48. The first-order valence-electron chi connectivity index (χ1n) is 10.1. The molecule has 154 valence electrons. The first-order chi connectivity index (χ1) is 14.4. The first kappa shape index (κ1) is 19.0. The second kappa shape index (κ2) is 7.04. The lowest BCUT2D eigenvalue weighted by Crippen LogP contribution is -2.43. The van der Waals surface area contributed by atoms with Crippen molar-refractivity contribution in [3.63, 3.8) is 0 Å². The minimum absolute atomic E-state index is 0.00933. The van der Waals surface area contributed by atoms with Crippen molar-refractivity contribution in [3.8, 4) is 0 Å². The Hall–Kier alpha value is -3.02. The van der Waals surface area contributed by atoms with Gasteiger partial charge < -0.3 is 9.47 Å². The molecule has 1 saturated carbocycles. The number of alkyl halides is 3. The summed E-state index contributed by atoms with van der Waals surface area (Å²) in [7, 11) is 0. The van der Waals surface area contributed by atoms with Crippen molar-refractivity contribution in [2.45, 2.75) is 31.1 Å². The van der Waals surface area contributed by atoms with E-state index in [1.165, 1.54) is 12.1 Å². The summed E-state index contributed by atoms with van der Waals surface area (Å²) >= 11 is 0. The molecule has 30 heavy (non-hydrogen) atoms. The molecule has 1 aliphatic carbocycles. The highest BCUT2D eigenvalue weighted by Crippen LogP contribution is 2.50. The third kappa shape index (κ3) is 3.30. The van der Waals surface area contributed by atoms with Gasteiger partial charge in [0.25, 0.3) is 0 Å². The fourth-order valence-electron chi connectivity index (χ4n) is 4.58. The zero-order valence-corrected chi connectivity index (χ0v) is 16.2. The van der Waals surface area contributed by atoms with Crippen LogP contribution >= 0.6 is 0 Å². The van der Waals surface area contributed by atoms with Gasteiger partial charge in [0.2, 0.25) is 5.91 Å². The number of hydrogen-bond acceptors (Lipinski definition) is 1. The highest BCUT2D eigenvalue weighted by molar-refractivity contribution is 5.84. The summed E-state index contributed by atoms with van der Waals surface area (Å²) in [6.45, 7) is 1.37. The van der Waals surface area contributed by atoms with Crippen LogP contribution < -0.4 is 0 Å². The molecule has 1 aromatic heterocycles. The molecule has 3 atom stereocenters. The Balaban J connectivity index is 1.38. The lowest BCUT2D eigenvalue weighted by molar-refractivity contribution is -0.137. The lowest BCUT2D eigenvalue weighted by Gasteiger charge is -2.37. The molecule has 5 rings (SSSR count). The zero-order chi connectivity index (χ0) is 20.9. The van der Waals surface area contributed by atoms with Crippen molar-refractivity contribution < 1.29 is 18.0 Å². The van der Waals surface area contributed by atoms with E-state index in [2.05, 4.69) is 10.6 Å². The van der Waals surface area contributed by atoms with Crippen LogP contribution in [0, 0.1) is 5.92 Å². The molecule has 1 amide bonds. The average molecular weight is 410 g/mol. The van der Waals surface area contributed by atoms with Crippen LogP contribution in [-0.4, -0.2) is 21.9 Å². The molecule has 1 aliphatic heterocycles. The van der Waals surface area contributed by atoms with Crippen LogP contribution in [0.1, 0.15) is 40.8 Å². The van der Waals surface area contributed by atoms with E-state index in [0.29, 0.717) is 13.0 Å². The second-order valence-corrected chi connectivity index (χ2v) is 8.04. The van der Waals surface area contributed by atoms with Crippen LogP contribution in [0.2, 0.25) is 0 Å². The molecule has 3 unspecified atom stereocenters. The minimum atomic E-state index is -4.34. The van der Waals surface area contributed by atoms with Gasteiger partial charge in [-0.15, -0.1) is 0 Å². The van der Waals surface area contributed by atoms with E-state index in [1.807, 2.05) is 47.5 Å².